The molecule has 1 heterocycles. The van der Waals surface area contributed by atoms with E-state index in [4.69, 9.17) is 4.74 Å². The average molecular weight is 257 g/mol. The SMILES string of the molecule is CCC(O)(C(=O)Oc1ccccc1)c1ccccn1. The van der Waals surface area contributed by atoms with Gasteiger partial charge in [-0.05, 0) is 30.7 Å². The molecular formula is C15H15NO3. The fraction of sp³-hybridized carbons (Fsp3) is 0.200. The second-order valence-electron chi connectivity index (χ2n) is 4.13. The molecule has 4 heteroatoms. The lowest BCUT2D eigenvalue weighted by Crippen LogP contribution is -2.39. The monoisotopic (exact) mass is 257 g/mol. The molecule has 0 saturated heterocycles. The van der Waals surface area contributed by atoms with Gasteiger partial charge in [0.2, 0.25) is 5.60 Å². The predicted molar refractivity (Wildman–Crippen MR) is 70.5 cm³/mol. The highest BCUT2D eigenvalue weighted by Crippen LogP contribution is 2.25. The fourth-order valence-corrected chi connectivity index (χ4v) is 1.72. The topological polar surface area (TPSA) is 59.4 Å². The molecule has 4 nitrogen and oxygen atoms in total. The number of carbonyl (C=O) groups is 1. The minimum absolute atomic E-state index is 0.190. The summed E-state index contributed by atoms with van der Waals surface area (Å²) in [6.07, 6.45) is 1.72. The molecule has 0 fully saturated rings. The van der Waals surface area contributed by atoms with Crippen molar-refractivity contribution in [3.8, 4) is 5.75 Å². The van der Waals surface area contributed by atoms with Crippen molar-refractivity contribution in [1.29, 1.82) is 0 Å². The average Bonchev–Trinajstić information content (AvgIpc) is 2.48. The van der Waals surface area contributed by atoms with E-state index in [0.717, 1.165) is 0 Å². The maximum Gasteiger partial charge on any atom is 0.349 e. The summed E-state index contributed by atoms with van der Waals surface area (Å²) < 4.78 is 5.20. The Bertz CT molecular complexity index is 542. The second kappa shape index (κ2) is 5.63. The molecule has 19 heavy (non-hydrogen) atoms. The van der Waals surface area contributed by atoms with Crippen LogP contribution in [-0.4, -0.2) is 16.1 Å². The molecule has 98 valence electrons. The second-order valence-corrected chi connectivity index (χ2v) is 4.13. The van der Waals surface area contributed by atoms with Crippen LogP contribution in [0.2, 0.25) is 0 Å². The number of rotatable bonds is 4. The molecule has 1 N–H and O–H groups in total. The van der Waals surface area contributed by atoms with Gasteiger partial charge in [-0.25, -0.2) is 4.79 Å². The van der Waals surface area contributed by atoms with Crippen molar-refractivity contribution in [3.05, 3.63) is 60.4 Å². The van der Waals surface area contributed by atoms with Crippen LogP contribution < -0.4 is 4.74 Å². The maximum atomic E-state index is 12.2. The van der Waals surface area contributed by atoms with Crippen molar-refractivity contribution >= 4 is 5.97 Å². The Morgan fingerprint density at radius 3 is 2.47 bits per heavy atom. The van der Waals surface area contributed by atoms with Crippen LogP contribution in [-0.2, 0) is 10.4 Å². The first-order chi connectivity index (χ1) is 9.16. The minimum Gasteiger partial charge on any atom is -0.424 e. The van der Waals surface area contributed by atoms with Crippen molar-refractivity contribution in [1.82, 2.24) is 4.98 Å². The molecule has 0 aliphatic heterocycles. The lowest BCUT2D eigenvalue weighted by atomic mass is 9.96. The molecule has 0 aliphatic rings. The fourth-order valence-electron chi connectivity index (χ4n) is 1.72. The number of pyridine rings is 1. The van der Waals surface area contributed by atoms with Crippen LogP contribution >= 0.6 is 0 Å². The number of nitrogens with zero attached hydrogens (tertiary/aromatic N) is 1. The zero-order valence-corrected chi connectivity index (χ0v) is 10.6. The standard InChI is InChI=1S/C15H15NO3/c1-2-15(18,13-10-6-7-11-16-13)14(17)19-12-8-4-3-5-9-12/h3-11,18H,2H2,1H3. The predicted octanol–water partition coefficient (Wildman–Crippen LogP) is 2.28. The van der Waals surface area contributed by atoms with Gasteiger partial charge in [0.1, 0.15) is 5.75 Å². The van der Waals surface area contributed by atoms with E-state index in [1.54, 1.807) is 49.4 Å². The van der Waals surface area contributed by atoms with Gasteiger partial charge in [-0.2, -0.15) is 0 Å². The van der Waals surface area contributed by atoms with E-state index in [1.807, 2.05) is 6.07 Å². The molecule has 1 aromatic heterocycles. The number of aliphatic hydroxyl groups is 1. The van der Waals surface area contributed by atoms with Gasteiger partial charge in [0, 0.05) is 6.20 Å². The first-order valence-electron chi connectivity index (χ1n) is 6.08. The molecule has 2 aromatic rings. The van der Waals surface area contributed by atoms with E-state index in [1.165, 1.54) is 6.20 Å². The van der Waals surface area contributed by atoms with Gasteiger partial charge in [-0.1, -0.05) is 31.2 Å². The molecule has 1 unspecified atom stereocenters. The number of hydrogen-bond donors (Lipinski definition) is 1. The van der Waals surface area contributed by atoms with Gasteiger partial charge in [0.15, 0.2) is 0 Å². The lowest BCUT2D eigenvalue weighted by molar-refractivity contribution is -0.157. The van der Waals surface area contributed by atoms with Crippen molar-refractivity contribution in [3.63, 3.8) is 0 Å². The van der Waals surface area contributed by atoms with Gasteiger partial charge in [0.25, 0.3) is 0 Å². The largest absolute Gasteiger partial charge is 0.424 e. The third-order valence-corrected chi connectivity index (χ3v) is 2.89. The first-order valence-corrected chi connectivity index (χ1v) is 6.08. The zero-order chi connectivity index (χ0) is 13.7. The quantitative estimate of drug-likeness (QED) is 0.674. The number of benzene rings is 1. The molecule has 2 rings (SSSR count). The van der Waals surface area contributed by atoms with E-state index in [-0.39, 0.29) is 6.42 Å². The lowest BCUT2D eigenvalue weighted by Gasteiger charge is -2.23. The molecular weight excluding hydrogens is 242 g/mol. The zero-order valence-electron chi connectivity index (χ0n) is 10.6. The number of esters is 1. The third-order valence-electron chi connectivity index (χ3n) is 2.89. The van der Waals surface area contributed by atoms with Crippen molar-refractivity contribution < 1.29 is 14.6 Å². The van der Waals surface area contributed by atoms with E-state index < -0.39 is 11.6 Å². The van der Waals surface area contributed by atoms with Gasteiger partial charge in [0.05, 0.1) is 5.69 Å². The highest BCUT2D eigenvalue weighted by Gasteiger charge is 2.39. The van der Waals surface area contributed by atoms with Crippen LogP contribution in [0.1, 0.15) is 19.0 Å². The number of carbonyl (C=O) groups excluding carboxylic acids is 1. The summed E-state index contributed by atoms with van der Waals surface area (Å²) in [4.78, 5) is 16.2. The minimum atomic E-state index is -1.73. The molecule has 1 aromatic carbocycles. The Kier molecular flexibility index (Phi) is 3.92. The van der Waals surface area contributed by atoms with E-state index in [0.29, 0.717) is 11.4 Å². The van der Waals surface area contributed by atoms with E-state index >= 15 is 0 Å². The van der Waals surface area contributed by atoms with Gasteiger partial charge < -0.3 is 9.84 Å². The highest BCUT2D eigenvalue weighted by molar-refractivity contribution is 5.82. The van der Waals surface area contributed by atoms with Crippen molar-refractivity contribution in [2.75, 3.05) is 0 Å². The Balaban J connectivity index is 2.24. The number of aromatic nitrogens is 1. The van der Waals surface area contributed by atoms with E-state index in [9.17, 15) is 9.90 Å². The van der Waals surface area contributed by atoms with Crippen LogP contribution in [0, 0.1) is 0 Å². The molecule has 1 atom stereocenters. The summed E-state index contributed by atoms with van der Waals surface area (Å²) in [5.74, 6) is -0.324. The van der Waals surface area contributed by atoms with Gasteiger partial charge in [-0.15, -0.1) is 0 Å². The van der Waals surface area contributed by atoms with Gasteiger partial charge >= 0.3 is 5.97 Å². The first kappa shape index (κ1) is 13.2. The van der Waals surface area contributed by atoms with Gasteiger partial charge in [-0.3, -0.25) is 4.98 Å². The molecule has 0 saturated carbocycles. The van der Waals surface area contributed by atoms with Crippen LogP contribution in [0.3, 0.4) is 0 Å². The van der Waals surface area contributed by atoms with Crippen LogP contribution in [0.4, 0.5) is 0 Å². The highest BCUT2D eigenvalue weighted by atomic mass is 16.6. The van der Waals surface area contributed by atoms with Crippen molar-refractivity contribution in [2.45, 2.75) is 18.9 Å². The van der Waals surface area contributed by atoms with E-state index in [2.05, 4.69) is 4.98 Å². The van der Waals surface area contributed by atoms with Crippen LogP contribution in [0.15, 0.2) is 54.7 Å². The smallest absolute Gasteiger partial charge is 0.349 e. The summed E-state index contributed by atoms with van der Waals surface area (Å²) >= 11 is 0. The summed E-state index contributed by atoms with van der Waals surface area (Å²) in [7, 11) is 0. The molecule has 0 radical (unpaired) electrons. The van der Waals surface area contributed by atoms with Crippen LogP contribution in [0.25, 0.3) is 0 Å². The summed E-state index contributed by atoms with van der Waals surface area (Å²) in [6, 6.07) is 13.7. The van der Waals surface area contributed by atoms with Crippen molar-refractivity contribution in [2.24, 2.45) is 0 Å². The number of hydrogen-bond acceptors (Lipinski definition) is 4. The Hall–Kier alpha value is -2.20. The summed E-state index contributed by atoms with van der Waals surface area (Å²) in [6.45, 7) is 1.71. The Morgan fingerprint density at radius 2 is 1.89 bits per heavy atom. The molecule has 0 amide bonds. The summed E-state index contributed by atoms with van der Waals surface area (Å²) in [5.41, 5.74) is -1.43. The number of para-hydroxylation sites is 1. The maximum absolute atomic E-state index is 12.2. The Morgan fingerprint density at radius 1 is 1.21 bits per heavy atom. The molecule has 0 aliphatic carbocycles. The van der Waals surface area contributed by atoms with Crippen LogP contribution in [0.5, 0.6) is 5.75 Å². The normalized spacial score (nSPS) is 13.6. The number of ether oxygens (including phenoxy) is 1. The molecule has 0 bridgehead atoms. The molecule has 0 spiro atoms. The summed E-state index contributed by atoms with van der Waals surface area (Å²) in [5, 5.41) is 10.5. The third kappa shape index (κ3) is 2.80. The Labute approximate surface area is 111 Å².